The van der Waals surface area contributed by atoms with Gasteiger partial charge in [-0.05, 0) is 30.5 Å². The molecule has 0 radical (unpaired) electrons. The van der Waals surface area contributed by atoms with E-state index in [9.17, 15) is 20.0 Å². The van der Waals surface area contributed by atoms with E-state index in [0.29, 0.717) is 17.5 Å². The Balaban J connectivity index is 2.31. The number of aliphatic hydroxyl groups excluding tert-OH is 1. The second-order valence-electron chi connectivity index (χ2n) is 5.61. The molecule has 0 bridgehead atoms. The quantitative estimate of drug-likeness (QED) is 0.652. The molecule has 0 saturated carbocycles. The van der Waals surface area contributed by atoms with Crippen molar-refractivity contribution in [1.82, 2.24) is 4.90 Å². The first-order chi connectivity index (χ1) is 11.5. The summed E-state index contributed by atoms with van der Waals surface area (Å²) in [6.45, 7) is 1.63. The summed E-state index contributed by atoms with van der Waals surface area (Å²) in [5.74, 6) is -0.232. The van der Waals surface area contributed by atoms with Gasteiger partial charge in [0.25, 0.3) is 11.6 Å². The van der Waals surface area contributed by atoms with Crippen LogP contribution in [-0.4, -0.2) is 34.5 Å². The summed E-state index contributed by atoms with van der Waals surface area (Å²) < 4.78 is 0. The van der Waals surface area contributed by atoms with Gasteiger partial charge in [0.2, 0.25) is 0 Å². The van der Waals surface area contributed by atoms with Crippen molar-refractivity contribution in [3.05, 3.63) is 75.3 Å². The highest BCUT2D eigenvalue weighted by Gasteiger charge is 2.24. The number of hydrogen-bond acceptors (Lipinski definition) is 4. The fraction of sp³-hybridized carbons (Fsp3) is 0.278. The summed E-state index contributed by atoms with van der Waals surface area (Å²) in [5, 5.41) is 20.2. The van der Waals surface area contributed by atoms with Crippen molar-refractivity contribution in [1.29, 1.82) is 0 Å². The molecular formula is C18H20N2O4. The van der Waals surface area contributed by atoms with Gasteiger partial charge in [0.15, 0.2) is 0 Å². The number of aliphatic hydroxyl groups is 1. The molecule has 6 heteroatoms. The van der Waals surface area contributed by atoms with Crippen molar-refractivity contribution in [3.63, 3.8) is 0 Å². The van der Waals surface area contributed by atoms with E-state index in [0.717, 1.165) is 5.56 Å². The van der Waals surface area contributed by atoms with Gasteiger partial charge in [0.05, 0.1) is 11.0 Å². The predicted molar refractivity (Wildman–Crippen MR) is 90.8 cm³/mol. The maximum absolute atomic E-state index is 12.8. The first-order valence-corrected chi connectivity index (χ1v) is 7.63. The summed E-state index contributed by atoms with van der Waals surface area (Å²) in [6, 6.07) is 13.4. The fourth-order valence-electron chi connectivity index (χ4n) is 2.71. The van der Waals surface area contributed by atoms with Crippen LogP contribution in [-0.2, 0) is 0 Å². The molecule has 0 aliphatic rings. The van der Waals surface area contributed by atoms with Crippen LogP contribution in [0.25, 0.3) is 0 Å². The molecule has 0 spiro atoms. The van der Waals surface area contributed by atoms with Crippen molar-refractivity contribution < 1.29 is 14.8 Å². The third kappa shape index (κ3) is 3.78. The number of benzene rings is 2. The molecule has 1 amide bonds. The minimum Gasteiger partial charge on any atom is -0.396 e. The van der Waals surface area contributed by atoms with Gasteiger partial charge >= 0.3 is 0 Å². The standard InChI is InChI=1S/C18H20N2O4/c1-13-12-15(20(23)24)8-9-16(13)18(22)19(2)17(10-11-21)14-6-4-3-5-7-14/h3-9,12,17,21H,10-11H2,1-2H3. The zero-order valence-electron chi connectivity index (χ0n) is 13.7. The minimum absolute atomic E-state index is 0.0401. The van der Waals surface area contributed by atoms with Crippen LogP contribution >= 0.6 is 0 Å². The molecule has 1 N–H and O–H groups in total. The number of carbonyl (C=O) groups is 1. The topological polar surface area (TPSA) is 83.7 Å². The summed E-state index contributed by atoms with van der Waals surface area (Å²) in [5.41, 5.74) is 1.86. The van der Waals surface area contributed by atoms with Crippen molar-refractivity contribution in [2.45, 2.75) is 19.4 Å². The van der Waals surface area contributed by atoms with Gasteiger partial charge in [-0.2, -0.15) is 0 Å². The van der Waals surface area contributed by atoms with Crippen molar-refractivity contribution in [2.24, 2.45) is 0 Å². The molecule has 0 aromatic heterocycles. The number of hydrogen-bond donors (Lipinski definition) is 1. The second kappa shape index (κ2) is 7.70. The minimum atomic E-state index is -0.483. The van der Waals surface area contributed by atoms with Crippen LogP contribution in [0, 0.1) is 17.0 Å². The number of carbonyl (C=O) groups excluding carboxylic acids is 1. The molecule has 0 aliphatic heterocycles. The first kappa shape index (κ1) is 17.6. The number of nitro benzene ring substituents is 1. The van der Waals surface area contributed by atoms with E-state index in [1.54, 1.807) is 18.9 Å². The van der Waals surface area contributed by atoms with Crippen LogP contribution in [0.1, 0.15) is 33.9 Å². The Morgan fingerprint density at radius 2 is 1.92 bits per heavy atom. The van der Waals surface area contributed by atoms with Crippen molar-refractivity contribution in [3.8, 4) is 0 Å². The average Bonchev–Trinajstić information content (AvgIpc) is 2.59. The summed E-state index contributed by atoms with van der Waals surface area (Å²) in [7, 11) is 1.68. The normalized spacial score (nSPS) is 11.8. The maximum atomic E-state index is 12.8. The van der Waals surface area contributed by atoms with Crippen molar-refractivity contribution >= 4 is 11.6 Å². The lowest BCUT2D eigenvalue weighted by Crippen LogP contribution is -2.32. The second-order valence-corrected chi connectivity index (χ2v) is 5.61. The predicted octanol–water partition coefficient (Wildman–Crippen LogP) is 3.10. The van der Waals surface area contributed by atoms with E-state index in [2.05, 4.69) is 0 Å². The highest BCUT2D eigenvalue weighted by atomic mass is 16.6. The van der Waals surface area contributed by atoms with Gasteiger partial charge in [-0.3, -0.25) is 14.9 Å². The Hall–Kier alpha value is -2.73. The van der Waals surface area contributed by atoms with E-state index < -0.39 is 4.92 Å². The Bertz CT molecular complexity index is 731. The summed E-state index contributed by atoms with van der Waals surface area (Å²) in [4.78, 5) is 24.7. The molecule has 126 valence electrons. The van der Waals surface area contributed by atoms with Crippen LogP contribution in [0.2, 0.25) is 0 Å². The average molecular weight is 328 g/mol. The number of rotatable bonds is 6. The smallest absolute Gasteiger partial charge is 0.269 e. The van der Waals surface area contributed by atoms with Crippen LogP contribution in [0.15, 0.2) is 48.5 Å². The summed E-state index contributed by atoms with van der Waals surface area (Å²) >= 11 is 0. The zero-order chi connectivity index (χ0) is 17.7. The number of nitro groups is 1. The molecule has 2 aromatic rings. The van der Waals surface area contributed by atoms with Gasteiger partial charge in [0.1, 0.15) is 0 Å². The number of aryl methyl sites for hydroxylation is 1. The monoisotopic (exact) mass is 328 g/mol. The number of non-ortho nitro benzene ring substituents is 1. The van der Waals surface area contributed by atoms with Gasteiger partial charge in [-0.15, -0.1) is 0 Å². The zero-order valence-corrected chi connectivity index (χ0v) is 13.7. The molecule has 2 rings (SSSR count). The van der Waals surface area contributed by atoms with Crippen LogP contribution < -0.4 is 0 Å². The van der Waals surface area contributed by atoms with Crippen LogP contribution in [0.4, 0.5) is 5.69 Å². The lowest BCUT2D eigenvalue weighted by Gasteiger charge is -2.29. The highest BCUT2D eigenvalue weighted by molar-refractivity contribution is 5.96. The molecular weight excluding hydrogens is 308 g/mol. The molecule has 1 unspecified atom stereocenters. The number of nitrogens with zero attached hydrogens (tertiary/aromatic N) is 2. The fourth-order valence-corrected chi connectivity index (χ4v) is 2.71. The van der Waals surface area contributed by atoms with E-state index in [4.69, 9.17) is 0 Å². The van der Waals surface area contributed by atoms with E-state index in [-0.39, 0.29) is 24.2 Å². The van der Waals surface area contributed by atoms with Crippen molar-refractivity contribution in [2.75, 3.05) is 13.7 Å². The van der Waals surface area contributed by atoms with E-state index in [1.807, 2.05) is 30.3 Å². The van der Waals surface area contributed by atoms with Gasteiger partial charge in [0, 0.05) is 31.4 Å². The SMILES string of the molecule is Cc1cc([N+](=O)[O-])ccc1C(=O)N(C)C(CCO)c1ccccc1. The Morgan fingerprint density at radius 1 is 1.25 bits per heavy atom. The Morgan fingerprint density at radius 3 is 2.46 bits per heavy atom. The van der Waals surface area contributed by atoms with E-state index >= 15 is 0 Å². The largest absolute Gasteiger partial charge is 0.396 e. The number of amides is 1. The van der Waals surface area contributed by atoms with Crippen LogP contribution in [0.3, 0.4) is 0 Å². The first-order valence-electron chi connectivity index (χ1n) is 7.63. The Kier molecular flexibility index (Phi) is 5.65. The summed E-state index contributed by atoms with van der Waals surface area (Å²) in [6.07, 6.45) is 0.415. The Labute approximate surface area is 140 Å². The molecule has 1 atom stereocenters. The highest BCUT2D eigenvalue weighted by Crippen LogP contribution is 2.26. The molecule has 6 nitrogen and oxygen atoms in total. The third-order valence-corrected chi connectivity index (χ3v) is 4.03. The molecule has 0 fully saturated rings. The molecule has 0 aliphatic carbocycles. The van der Waals surface area contributed by atoms with Gasteiger partial charge in [-0.25, -0.2) is 0 Å². The molecule has 0 saturated heterocycles. The molecule has 24 heavy (non-hydrogen) atoms. The maximum Gasteiger partial charge on any atom is 0.269 e. The molecule has 2 aromatic carbocycles. The third-order valence-electron chi connectivity index (χ3n) is 4.03. The van der Waals surface area contributed by atoms with E-state index in [1.165, 1.54) is 18.2 Å². The van der Waals surface area contributed by atoms with Gasteiger partial charge in [-0.1, -0.05) is 30.3 Å². The molecule has 0 heterocycles. The lowest BCUT2D eigenvalue weighted by molar-refractivity contribution is -0.384. The van der Waals surface area contributed by atoms with Crippen LogP contribution in [0.5, 0.6) is 0 Å². The lowest BCUT2D eigenvalue weighted by atomic mass is 10.0. The van der Waals surface area contributed by atoms with Gasteiger partial charge < -0.3 is 10.0 Å².